The van der Waals surface area contributed by atoms with Crippen molar-refractivity contribution in [3.63, 3.8) is 0 Å². The number of hydrogen-bond donors (Lipinski definition) is 2. The van der Waals surface area contributed by atoms with Crippen molar-refractivity contribution in [1.82, 2.24) is 5.32 Å². The van der Waals surface area contributed by atoms with E-state index in [1.165, 1.54) is 11.3 Å². The van der Waals surface area contributed by atoms with Crippen molar-refractivity contribution in [3.8, 4) is 0 Å². The van der Waals surface area contributed by atoms with Gasteiger partial charge in [0.15, 0.2) is 0 Å². The van der Waals surface area contributed by atoms with Gasteiger partial charge in [0.2, 0.25) is 0 Å². The van der Waals surface area contributed by atoms with Crippen LogP contribution in [0.4, 0.5) is 5.69 Å². The van der Waals surface area contributed by atoms with Crippen molar-refractivity contribution in [3.05, 3.63) is 28.1 Å². The van der Waals surface area contributed by atoms with E-state index in [9.17, 15) is 4.79 Å². The van der Waals surface area contributed by atoms with Gasteiger partial charge in [-0.2, -0.15) is 0 Å². The highest BCUT2D eigenvalue weighted by Gasteiger charge is 2.17. The van der Waals surface area contributed by atoms with Crippen LogP contribution in [0.2, 0.25) is 5.02 Å². The highest BCUT2D eigenvalue weighted by atomic mass is 35.5. The lowest BCUT2D eigenvalue weighted by molar-refractivity contribution is 0.0950. The largest absolute Gasteiger partial charge is 0.397 e. The fourth-order valence-corrected chi connectivity index (χ4v) is 3.14. The number of nitrogen functional groups attached to an aromatic ring is 1. The second-order valence-corrected chi connectivity index (χ2v) is 6.91. The number of nitrogens with one attached hydrogen (secondary N) is 1. The summed E-state index contributed by atoms with van der Waals surface area (Å²) in [4.78, 5) is 12.8. The third-order valence-corrected chi connectivity index (χ3v) is 5.02. The molecule has 0 saturated carbocycles. The molecule has 0 spiro atoms. The van der Waals surface area contributed by atoms with Gasteiger partial charge in [-0.1, -0.05) is 32.4 Å². The van der Waals surface area contributed by atoms with Gasteiger partial charge in [0.25, 0.3) is 5.91 Å². The molecule has 0 aliphatic carbocycles. The smallest absolute Gasteiger partial charge is 0.263 e. The molecule has 2 rings (SSSR count). The molecule has 108 valence electrons. The van der Waals surface area contributed by atoms with E-state index < -0.39 is 0 Å². The minimum absolute atomic E-state index is 0.104. The summed E-state index contributed by atoms with van der Waals surface area (Å²) in [6, 6.07) is 5.48. The summed E-state index contributed by atoms with van der Waals surface area (Å²) in [5, 5.41) is 4.50. The van der Waals surface area contributed by atoms with E-state index in [2.05, 4.69) is 26.1 Å². The summed E-state index contributed by atoms with van der Waals surface area (Å²) in [6.45, 7) is 7.07. The Bertz CT molecular complexity index is 636. The van der Waals surface area contributed by atoms with Crippen LogP contribution in [-0.2, 0) is 0 Å². The molecular weight excluding hydrogens is 292 g/mol. The van der Waals surface area contributed by atoms with Crippen molar-refractivity contribution >= 4 is 44.6 Å². The first kappa shape index (κ1) is 15.1. The molecule has 1 aromatic heterocycles. The number of benzene rings is 1. The average molecular weight is 311 g/mol. The molecule has 0 aliphatic rings. The van der Waals surface area contributed by atoms with Crippen LogP contribution in [0, 0.1) is 11.8 Å². The number of hydrogen-bond acceptors (Lipinski definition) is 3. The lowest BCUT2D eigenvalue weighted by Gasteiger charge is -2.15. The van der Waals surface area contributed by atoms with Gasteiger partial charge in [-0.25, -0.2) is 0 Å². The van der Waals surface area contributed by atoms with Crippen LogP contribution in [0.1, 0.15) is 30.4 Å². The Labute approximate surface area is 128 Å². The van der Waals surface area contributed by atoms with E-state index >= 15 is 0 Å². The lowest BCUT2D eigenvalue weighted by atomic mass is 9.98. The van der Waals surface area contributed by atoms with Crippen LogP contribution in [0.15, 0.2) is 18.2 Å². The predicted octanol–water partition coefficient (Wildman–Crippen LogP) is 4.16. The Hall–Kier alpha value is -1.26. The fraction of sp³-hybridized carbons (Fsp3) is 0.400. The van der Waals surface area contributed by atoms with Gasteiger partial charge in [-0.05, 0) is 30.0 Å². The van der Waals surface area contributed by atoms with Gasteiger partial charge in [0, 0.05) is 21.7 Å². The van der Waals surface area contributed by atoms with Crippen molar-refractivity contribution < 1.29 is 4.79 Å². The minimum Gasteiger partial charge on any atom is -0.397 e. The second-order valence-electron chi connectivity index (χ2n) is 5.42. The SMILES string of the molecule is CC(C)C(C)CNC(=O)c1sc2cc(Cl)ccc2c1N. The van der Waals surface area contributed by atoms with E-state index in [-0.39, 0.29) is 5.91 Å². The van der Waals surface area contributed by atoms with Crippen molar-refractivity contribution in [2.45, 2.75) is 20.8 Å². The summed E-state index contributed by atoms with van der Waals surface area (Å²) >= 11 is 7.35. The molecule has 1 unspecified atom stereocenters. The quantitative estimate of drug-likeness (QED) is 0.891. The molecule has 1 amide bonds. The van der Waals surface area contributed by atoms with Crippen molar-refractivity contribution in [2.75, 3.05) is 12.3 Å². The molecule has 1 atom stereocenters. The number of anilines is 1. The zero-order chi connectivity index (χ0) is 14.9. The second kappa shape index (κ2) is 6.02. The molecule has 0 radical (unpaired) electrons. The summed E-state index contributed by atoms with van der Waals surface area (Å²) in [5.74, 6) is 0.866. The molecule has 0 fully saturated rings. The fourth-order valence-electron chi connectivity index (χ4n) is 1.83. The Kier molecular flexibility index (Phi) is 4.55. The van der Waals surface area contributed by atoms with Crippen LogP contribution in [0.5, 0.6) is 0 Å². The van der Waals surface area contributed by atoms with Gasteiger partial charge in [0.1, 0.15) is 4.88 Å². The number of fused-ring (bicyclic) bond motifs is 1. The number of carbonyl (C=O) groups excluding carboxylic acids is 1. The van der Waals surface area contributed by atoms with E-state index in [4.69, 9.17) is 17.3 Å². The molecule has 0 aliphatic heterocycles. The number of rotatable bonds is 4. The van der Waals surface area contributed by atoms with Crippen LogP contribution in [0.3, 0.4) is 0 Å². The van der Waals surface area contributed by atoms with Gasteiger partial charge in [-0.3, -0.25) is 4.79 Å². The van der Waals surface area contributed by atoms with Gasteiger partial charge in [-0.15, -0.1) is 11.3 Å². The van der Waals surface area contributed by atoms with Gasteiger partial charge < -0.3 is 11.1 Å². The summed E-state index contributed by atoms with van der Waals surface area (Å²) in [7, 11) is 0. The van der Waals surface area contributed by atoms with E-state index in [0.29, 0.717) is 34.0 Å². The molecule has 0 bridgehead atoms. The standard InChI is InChI=1S/C15H19ClN2OS/c1-8(2)9(3)7-18-15(19)14-13(17)11-5-4-10(16)6-12(11)20-14/h4-6,8-9H,7,17H2,1-3H3,(H,18,19). The molecule has 3 nitrogen and oxygen atoms in total. The first-order valence-corrected chi connectivity index (χ1v) is 7.85. The summed E-state index contributed by atoms with van der Waals surface area (Å²) in [6.07, 6.45) is 0. The maximum absolute atomic E-state index is 12.2. The molecule has 20 heavy (non-hydrogen) atoms. The summed E-state index contributed by atoms with van der Waals surface area (Å²) in [5.41, 5.74) is 6.60. The van der Waals surface area contributed by atoms with Crippen molar-refractivity contribution in [2.24, 2.45) is 11.8 Å². The number of halogens is 1. The third kappa shape index (κ3) is 3.07. The van der Waals surface area contributed by atoms with E-state index in [1.54, 1.807) is 6.07 Å². The number of carbonyl (C=O) groups is 1. The molecule has 1 heterocycles. The average Bonchev–Trinajstić information content (AvgIpc) is 2.72. The lowest BCUT2D eigenvalue weighted by Crippen LogP contribution is -2.30. The van der Waals surface area contributed by atoms with Crippen LogP contribution < -0.4 is 11.1 Å². The Morgan fingerprint density at radius 1 is 1.40 bits per heavy atom. The topological polar surface area (TPSA) is 55.1 Å². The van der Waals surface area contributed by atoms with Crippen molar-refractivity contribution in [1.29, 1.82) is 0 Å². The first-order chi connectivity index (χ1) is 9.40. The summed E-state index contributed by atoms with van der Waals surface area (Å²) < 4.78 is 0.942. The predicted molar refractivity (Wildman–Crippen MR) is 87.6 cm³/mol. The molecule has 0 saturated heterocycles. The highest BCUT2D eigenvalue weighted by Crippen LogP contribution is 2.35. The molecule has 5 heteroatoms. The third-order valence-electron chi connectivity index (χ3n) is 3.62. The number of amides is 1. The molecule has 2 aromatic rings. The van der Waals surface area contributed by atoms with E-state index in [0.717, 1.165) is 10.1 Å². The molecule has 3 N–H and O–H groups in total. The zero-order valence-corrected chi connectivity index (χ0v) is 13.4. The normalized spacial score (nSPS) is 12.8. The van der Waals surface area contributed by atoms with Crippen LogP contribution >= 0.6 is 22.9 Å². The Morgan fingerprint density at radius 3 is 2.75 bits per heavy atom. The van der Waals surface area contributed by atoms with Gasteiger partial charge in [0.05, 0.1) is 5.69 Å². The number of nitrogens with two attached hydrogens (primary N) is 1. The monoisotopic (exact) mass is 310 g/mol. The highest BCUT2D eigenvalue weighted by molar-refractivity contribution is 7.21. The van der Waals surface area contributed by atoms with Crippen LogP contribution in [0.25, 0.3) is 10.1 Å². The maximum Gasteiger partial charge on any atom is 0.263 e. The van der Waals surface area contributed by atoms with Gasteiger partial charge >= 0.3 is 0 Å². The Morgan fingerprint density at radius 2 is 2.10 bits per heavy atom. The van der Waals surface area contributed by atoms with Crippen LogP contribution in [-0.4, -0.2) is 12.5 Å². The maximum atomic E-state index is 12.2. The zero-order valence-electron chi connectivity index (χ0n) is 11.9. The molecule has 1 aromatic carbocycles. The minimum atomic E-state index is -0.104. The molecular formula is C15H19ClN2OS. The number of thiophene rings is 1. The Balaban J connectivity index is 2.20. The first-order valence-electron chi connectivity index (χ1n) is 6.66. The van der Waals surface area contributed by atoms with E-state index in [1.807, 2.05) is 12.1 Å².